The van der Waals surface area contributed by atoms with Crippen molar-refractivity contribution < 1.29 is 13.2 Å². The second-order valence-corrected chi connectivity index (χ2v) is 4.14. The van der Waals surface area contributed by atoms with Crippen LogP contribution in [0, 0.1) is 0 Å². The lowest BCUT2D eigenvalue weighted by atomic mass is 10.2. The molecule has 0 aliphatic heterocycles. The molecule has 0 radical (unpaired) electrons. The van der Waals surface area contributed by atoms with E-state index in [1.165, 1.54) is 0 Å². The molecular formula is C11H14F3N3. The third kappa shape index (κ3) is 2.45. The first kappa shape index (κ1) is 12.0. The lowest BCUT2D eigenvalue weighted by Gasteiger charge is -2.24. The smallest absolute Gasteiger partial charge is 0.396 e. The van der Waals surface area contributed by atoms with Gasteiger partial charge in [0.25, 0.3) is 0 Å². The summed E-state index contributed by atoms with van der Waals surface area (Å²) in [5, 5.41) is 0. The van der Waals surface area contributed by atoms with E-state index in [-0.39, 0.29) is 0 Å². The summed E-state index contributed by atoms with van der Waals surface area (Å²) >= 11 is 0. The Labute approximate surface area is 97.4 Å². The largest absolute Gasteiger partial charge is 0.433 e. The summed E-state index contributed by atoms with van der Waals surface area (Å²) in [5.41, 5.74) is 5.55. The lowest BCUT2D eigenvalue weighted by molar-refractivity contribution is -0.141. The first-order valence-electron chi connectivity index (χ1n) is 5.53. The van der Waals surface area contributed by atoms with Crippen LogP contribution in [0.25, 0.3) is 0 Å². The molecule has 0 atom stereocenters. The van der Waals surface area contributed by atoms with Crippen LogP contribution in [0.2, 0.25) is 0 Å². The zero-order valence-electron chi connectivity index (χ0n) is 9.46. The maximum absolute atomic E-state index is 12.6. The van der Waals surface area contributed by atoms with Crippen LogP contribution in [-0.2, 0) is 6.18 Å². The Kier molecular flexibility index (Phi) is 2.89. The van der Waals surface area contributed by atoms with E-state index < -0.39 is 11.9 Å². The van der Waals surface area contributed by atoms with Gasteiger partial charge in [-0.3, -0.25) is 0 Å². The van der Waals surface area contributed by atoms with Crippen molar-refractivity contribution in [3.05, 3.63) is 18.0 Å². The molecule has 6 heteroatoms. The van der Waals surface area contributed by atoms with Gasteiger partial charge in [-0.2, -0.15) is 13.2 Å². The number of nitrogens with two attached hydrogens (primary N) is 1. The summed E-state index contributed by atoms with van der Waals surface area (Å²) in [5.74, 6) is 0. The summed E-state index contributed by atoms with van der Waals surface area (Å²) in [4.78, 5) is 5.24. The van der Waals surface area contributed by atoms with E-state index in [9.17, 15) is 13.2 Å². The highest BCUT2D eigenvalue weighted by Gasteiger charge is 2.35. The number of aromatic nitrogens is 1. The molecule has 0 saturated heterocycles. The van der Waals surface area contributed by atoms with Gasteiger partial charge in [0.1, 0.15) is 5.69 Å². The topological polar surface area (TPSA) is 42.2 Å². The third-order valence-corrected chi connectivity index (χ3v) is 2.84. The fourth-order valence-electron chi connectivity index (χ4n) is 1.87. The molecular weight excluding hydrogens is 231 g/mol. The second-order valence-electron chi connectivity index (χ2n) is 4.14. The highest BCUT2D eigenvalue weighted by Crippen LogP contribution is 2.37. The van der Waals surface area contributed by atoms with E-state index in [1.54, 1.807) is 0 Å². The summed E-state index contributed by atoms with van der Waals surface area (Å²) in [6, 6.07) is 1.36. The maximum atomic E-state index is 12.6. The Morgan fingerprint density at radius 3 is 2.59 bits per heavy atom. The molecule has 2 N–H and O–H groups in total. The highest BCUT2D eigenvalue weighted by molar-refractivity contribution is 5.68. The second kappa shape index (κ2) is 4.09. The molecule has 0 bridgehead atoms. The Morgan fingerprint density at radius 1 is 1.47 bits per heavy atom. The molecule has 1 heterocycles. The quantitative estimate of drug-likeness (QED) is 0.890. The summed E-state index contributed by atoms with van der Waals surface area (Å²) < 4.78 is 37.7. The summed E-state index contributed by atoms with van der Waals surface area (Å²) in [6.07, 6.45) is -1.32. The van der Waals surface area contributed by atoms with Crippen molar-refractivity contribution in [1.29, 1.82) is 0 Å². The molecule has 1 aliphatic rings. The number of alkyl halides is 3. The molecule has 0 spiro atoms. The molecule has 1 fully saturated rings. The van der Waals surface area contributed by atoms with Gasteiger partial charge in [-0.05, 0) is 25.8 Å². The molecule has 2 rings (SSSR count). The van der Waals surface area contributed by atoms with Crippen molar-refractivity contribution in [2.75, 3.05) is 17.2 Å². The first-order chi connectivity index (χ1) is 7.93. The summed E-state index contributed by atoms with van der Waals surface area (Å²) in [7, 11) is 0. The maximum Gasteiger partial charge on any atom is 0.433 e. The van der Waals surface area contributed by atoms with Crippen molar-refractivity contribution in [2.45, 2.75) is 32.0 Å². The SMILES string of the molecule is CCN(c1cc(C(F)(F)F)ncc1N)C1CC1. The Bertz CT molecular complexity index is 413. The Hall–Kier alpha value is -1.46. The van der Waals surface area contributed by atoms with Crippen molar-refractivity contribution in [3.63, 3.8) is 0 Å². The van der Waals surface area contributed by atoms with Gasteiger partial charge in [-0.1, -0.05) is 0 Å². The number of rotatable bonds is 3. The predicted molar refractivity (Wildman–Crippen MR) is 59.7 cm³/mol. The normalized spacial score (nSPS) is 16.0. The molecule has 1 aromatic heterocycles. The average molecular weight is 245 g/mol. The van der Waals surface area contributed by atoms with Crippen molar-refractivity contribution >= 4 is 11.4 Å². The monoisotopic (exact) mass is 245 g/mol. The van der Waals surface area contributed by atoms with Crippen LogP contribution in [0.15, 0.2) is 12.3 Å². The van der Waals surface area contributed by atoms with Crippen molar-refractivity contribution in [1.82, 2.24) is 4.98 Å². The molecule has 0 amide bonds. The number of pyridine rings is 1. The Morgan fingerprint density at radius 2 is 2.12 bits per heavy atom. The van der Waals surface area contributed by atoms with Gasteiger partial charge in [0.15, 0.2) is 0 Å². The van der Waals surface area contributed by atoms with Gasteiger partial charge in [0.05, 0.1) is 17.6 Å². The van der Waals surface area contributed by atoms with E-state index in [1.807, 2.05) is 11.8 Å². The molecule has 94 valence electrons. The van der Waals surface area contributed by atoms with Gasteiger partial charge in [0, 0.05) is 12.6 Å². The minimum atomic E-state index is -4.43. The van der Waals surface area contributed by atoms with E-state index in [0.29, 0.717) is 24.0 Å². The predicted octanol–water partition coefficient (Wildman–Crippen LogP) is 2.67. The minimum Gasteiger partial charge on any atom is -0.396 e. The van der Waals surface area contributed by atoms with Gasteiger partial charge in [0.2, 0.25) is 0 Å². The lowest BCUT2D eigenvalue weighted by Crippen LogP contribution is -2.26. The zero-order valence-corrected chi connectivity index (χ0v) is 9.46. The van der Waals surface area contributed by atoms with Crippen LogP contribution in [-0.4, -0.2) is 17.6 Å². The van der Waals surface area contributed by atoms with Crippen LogP contribution in [0.4, 0.5) is 24.5 Å². The van der Waals surface area contributed by atoms with Crippen molar-refractivity contribution in [2.24, 2.45) is 0 Å². The zero-order chi connectivity index (χ0) is 12.6. The first-order valence-corrected chi connectivity index (χ1v) is 5.53. The molecule has 17 heavy (non-hydrogen) atoms. The number of nitrogen functional groups attached to an aromatic ring is 1. The van der Waals surface area contributed by atoms with Crippen LogP contribution >= 0.6 is 0 Å². The fraction of sp³-hybridized carbons (Fsp3) is 0.545. The van der Waals surface area contributed by atoms with E-state index in [0.717, 1.165) is 25.1 Å². The molecule has 0 aromatic carbocycles. The molecule has 1 aromatic rings. The molecule has 1 saturated carbocycles. The Balaban J connectivity index is 2.37. The van der Waals surface area contributed by atoms with Gasteiger partial charge >= 0.3 is 6.18 Å². The van der Waals surface area contributed by atoms with E-state index >= 15 is 0 Å². The van der Waals surface area contributed by atoms with E-state index in [2.05, 4.69) is 4.98 Å². The van der Waals surface area contributed by atoms with Gasteiger partial charge in [-0.15, -0.1) is 0 Å². The molecule has 3 nitrogen and oxygen atoms in total. The average Bonchev–Trinajstić information content (AvgIpc) is 3.04. The van der Waals surface area contributed by atoms with Gasteiger partial charge in [-0.25, -0.2) is 4.98 Å². The van der Waals surface area contributed by atoms with Crippen LogP contribution in [0.5, 0.6) is 0 Å². The third-order valence-electron chi connectivity index (χ3n) is 2.84. The minimum absolute atomic E-state index is 0.298. The molecule has 1 aliphatic carbocycles. The fourth-order valence-corrected chi connectivity index (χ4v) is 1.87. The highest BCUT2D eigenvalue weighted by atomic mass is 19.4. The van der Waals surface area contributed by atoms with Crippen LogP contribution in [0.1, 0.15) is 25.5 Å². The number of hydrogen-bond acceptors (Lipinski definition) is 3. The number of halogens is 3. The molecule has 0 unspecified atom stereocenters. The van der Waals surface area contributed by atoms with Crippen molar-refractivity contribution in [3.8, 4) is 0 Å². The number of hydrogen-bond donors (Lipinski definition) is 1. The van der Waals surface area contributed by atoms with Crippen LogP contribution in [0.3, 0.4) is 0 Å². The summed E-state index contributed by atoms with van der Waals surface area (Å²) in [6.45, 7) is 2.56. The number of anilines is 2. The number of nitrogens with zero attached hydrogens (tertiary/aromatic N) is 2. The standard InChI is InChI=1S/C11H14F3N3/c1-2-17(7-3-4-7)9-5-10(11(12,13)14)16-6-8(9)15/h5-7H,2-4,15H2,1H3. The van der Waals surface area contributed by atoms with Crippen LogP contribution < -0.4 is 10.6 Å². The van der Waals surface area contributed by atoms with E-state index in [4.69, 9.17) is 5.73 Å². The van der Waals surface area contributed by atoms with Gasteiger partial charge < -0.3 is 10.6 Å².